The molecule has 2 heterocycles. The number of carbonyl (C=O) groups is 1. The third kappa shape index (κ3) is 3.57. The molecule has 1 aromatic heterocycles. The standard InChI is InChI=1S/C12H18N2O3/c1-14(8-11-3-2-5-17-11)12(15)7-10-9-16-6-4-13-10/h2-3,5,10,13H,4,6-9H2,1H3. The molecule has 0 spiro atoms. The first-order chi connectivity index (χ1) is 8.25. The molecule has 0 aromatic carbocycles. The summed E-state index contributed by atoms with van der Waals surface area (Å²) in [5.41, 5.74) is 0. The van der Waals surface area contributed by atoms with Crippen LogP contribution in [0.3, 0.4) is 0 Å². The molecule has 94 valence electrons. The minimum absolute atomic E-state index is 0.101. The molecule has 1 fully saturated rings. The summed E-state index contributed by atoms with van der Waals surface area (Å²) in [4.78, 5) is 13.6. The maximum absolute atomic E-state index is 11.9. The number of rotatable bonds is 4. The highest BCUT2D eigenvalue weighted by Crippen LogP contribution is 2.07. The summed E-state index contributed by atoms with van der Waals surface area (Å²) in [6.45, 7) is 2.67. The maximum Gasteiger partial charge on any atom is 0.224 e. The molecule has 0 aliphatic carbocycles. The number of hydrogen-bond donors (Lipinski definition) is 1. The Morgan fingerprint density at radius 1 is 1.65 bits per heavy atom. The van der Waals surface area contributed by atoms with Gasteiger partial charge in [-0.05, 0) is 12.1 Å². The van der Waals surface area contributed by atoms with Crippen LogP contribution in [0.5, 0.6) is 0 Å². The SMILES string of the molecule is CN(Cc1ccco1)C(=O)CC1COCCN1. The molecule has 0 bridgehead atoms. The van der Waals surface area contributed by atoms with Crippen LogP contribution in [0, 0.1) is 0 Å². The van der Waals surface area contributed by atoms with Crippen LogP contribution in [-0.2, 0) is 16.1 Å². The van der Waals surface area contributed by atoms with Gasteiger partial charge in [0.1, 0.15) is 5.76 Å². The van der Waals surface area contributed by atoms with E-state index < -0.39 is 0 Å². The van der Waals surface area contributed by atoms with Gasteiger partial charge in [0.05, 0.1) is 26.0 Å². The van der Waals surface area contributed by atoms with Crippen LogP contribution in [0.25, 0.3) is 0 Å². The number of furan rings is 1. The van der Waals surface area contributed by atoms with Crippen LogP contribution in [-0.4, -0.2) is 43.7 Å². The number of nitrogens with zero attached hydrogens (tertiary/aromatic N) is 1. The molecular weight excluding hydrogens is 220 g/mol. The molecule has 0 saturated carbocycles. The summed E-state index contributed by atoms with van der Waals surface area (Å²) in [6, 6.07) is 3.82. The lowest BCUT2D eigenvalue weighted by atomic mass is 10.2. The maximum atomic E-state index is 11.9. The van der Waals surface area contributed by atoms with Gasteiger partial charge in [-0.15, -0.1) is 0 Å². The molecule has 1 amide bonds. The molecule has 1 aromatic rings. The average molecular weight is 238 g/mol. The first-order valence-corrected chi connectivity index (χ1v) is 5.83. The third-order valence-electron chi connectivity index (χ3n) is 2.82. The van der Waals surface area contributed by atoms with E-state index in [1.807, 2.05) is 12.1 Å². The Balaban J connectivity index is 1.78. The second-order valence-electron chi connectivity index (χ2n) is 4.26. The van der Waals surface area contributed by atoms with Gasteiger partial charge in [0, 0.05) is 26.1 Å². The first-order valence-electron chi connectivity index (χ1n) is 5.83. The number of morpholine rings is 1. The van der Waals surface area contributed by atoms with Crippen LogP contribution in [0.1, 0.15) is 12.2 Å². The van der Waals surface area contributed by atoms with Crippen LogP contribution >= 0.6 is 0 Å². The molecule has 0 radical (unpaired) electrons. The Labute approximate surface area is 101 Å². The van der Waals surface area contributed by atoms with Crippen molar-refractivity contribution in [1.82, 2.24) is 10.2 Å². The zero-order chi connectivity index (χ0) is 12.1. The second-order valence-corrected chi connectivity index (χ2v) is 4.26. The van der Waals surface area contributed by atoms with Crippen molar-refractivity contribution in [2.75, 3.05) is 26.8 Å². The summed E-state index contributed by atoms with van der Waals surface area (Å²) in [5, 5.41) is 3.27. The Morgan fingerprint density at radius 3 is 3.18 bits per heavy atom. The molecule has 1 aliphatic heterocycles. The Morgan fingerprint density at radius 2 is 2.53 bits per heavy atom. The number of hydrogen-bond acceptors (Lipinski definition) is 4. The van der Waals surface area contributed by atoms with Crippen molar-refractivity contribution in [3.05, 3.63) is 24.2 Å². The summed E-state index contributed by atoms with van der Waals surface area (Å²) >= 11 is 0. The molecule has 1 saturated heterocycles. The lowest BCUT2D eigenvalue weighted by molar-refractivity contribution is -0.131. The second kappa shape index (κ2) is 5.84. The lowest BCUT2D eigenvalue weighted by Crippen LogP contribution is -2.44. The van der Waals surface area contributed by atoms with Crippen LogP contribution in [0.15, 0.2) is 22.8 Å². The first kappa shape index (κ1) is 12.1. The molecule has 17 heavy (non-hydrogen) atoms. The van der Waals surface area contributed by atoms with E-state index >= 15 is 0 Å². The highest BCUT2D eigenvalue weighted by atomic mass is 16.5. The Kier molecular flexibility index (Phi) is 4.17. The van der Waals surface area contributed by atoms with Gasteiger partial charge in [-0.25, -0.2) is 0 Å². The molecule has 5 heteroatoms. The van der Waals surface area contributed by atoms with Crippen molar-refractivity contribution >= 4 is 5.91 Å². The van der Waals surface area contributed by atoms with Crippen molar-refractivity contribution in [3.63, 3.8) is 0 Å². The van der Waals surface area contributed by atoms with E-state index in [1.165, 1.54) is 0 Å². The van der Waals surface area contributed by atoms with E-state index in [9.17, 15) is 4.79 Å². The van der Waals surface area contributed by atoms with Gasteiger partial charge < -0.3 is 19.4 Å². The Hall–Kier alpha value is -1.33. The van der Waals surface area contributed by atoms with Crippen LogP contribution in [0.2, 0.25) is 0 Å². The fourth-order valence-electron chi connectivity index (χ4n) is 1.84. The minimum Gasteiger partial charge on any atom is -0.467 e. The molecule has 5 nitrogen and oxygen atoms in total. The number of ether oxygens (including phenoxy) is 1. The monoisotopic (exact) mass is 238 g/mol. The third-order valence-corrected chi connectivity index (χ3v) is 2.82. The van der Waals surface area contributed by atoms with Crippen molar-refractivity contribution < 1.29 is 13.9 Å². The number of amides is 1. The van der Waals surface area contributed by atoms with Gasteiger partial charge >= 0.3 is 0 Å². The molecule has 2 rings (SSSR count). The summed E-state index contributed by atoms with van der Waals surface area (Å²) in [6.07, 6.45) is 2.08. The zero-order valence-corrected chi connectivity index (χ0v) is 10.0. The van der Waals surface area contributed by atoms with Crippen molar-refractivity contribution in [1.29, 1.82) is 0 Å². The molecule has 1 aliphatic rings. The smallest absolute Gasteiger partial charge is 0.224 e. The van der Waals surface area contributed by atoms with E-state index in [4.69, 9.17) is 9.15 Å². The van der Waals surface area contributed by atoms with Gasteiger partial charge in [0.2, 0.25) is 5.91 Å². The number of carbonyl (C=O) groups excluding carboxylic acids is 1. The highest BCUT2D eigenvalue weighted by Gasteiger charge is 2.19. The van der Waals surface area contributed by atoms with Crippen molar-refractivity contribution in [2.24, 2.45) is 0 Å². The lowest BCUT2D eigenvalue weighted by Gasteiger charge is -2.25. The average Bonchev–Trinajstić information content (AvgIpc) is 2.83. The van der Waals surface area contributed by atoms with Crippen molar-refractivity contribution in [2.45, 2.75) is 19.0 Å². The van der Waals surface area contributed by atoms with Crippen molar-refractivity contribution in [3.8, 4) is 0 Å². The fraction of sp³-hybridized carbons (Fsp3) is 0.583. The van der Waals surface area contributed by atoms with Gasteiger partial charge in [0.15, 0.2) is 0 Å². The largest absolute Gasteiger partial charge is 0.467 e. The molecule has 1 N–H and O–H groups in total. The predicted octanol–water partition coefficient (Wildman–Crippen LogP) is 0.617. The summed E-state index contributed by atoms with van der Waals surface area (Å²) < 4.78 is 10.5. The number of nitrogens with one attached hydrogen (secondary N) is 1. The van der Waals surface area contributed by atoms with Gasteiger partial charge in [0.25, 0.3) is 0 Å². The van der Waals surface area contributed by atoms with Crippen LogP contribution < -0.4 is 5.32 Å². The van der Waals surface area contributed by atoms with Gasteiger partial charge in [-0.3, -0.25) is 4.79 Å². The minimum atomic E-state index is 0.101. The molecular formula is C12H18N2O3. The molecule has 1 unspecified atom stereocenters. The van der Waals surface area contributed by atoms with Gasteiger partial charge in [-0.1, -0.05) is 0 Å². The molecule has 1 atom stereocenters. The van der Waals surface area contributed by atoms with E-state index in [-0.39, 0.29) is 11.9 Å². The highest BCUT2D eigenvalue weighted by molar-refractivity contribution is 5.76. The fourth-order valence-corrected chi connectivity index (χ4v) is 1.84. The van der Waals surface area contributed by atoms with E-state index in [1.54, 1.807) is 18.2 Å². The van der Waals surface area contributed by atoms with E-state index in [0.717, 1.165) is 18.9 Å². The van der Waals surface area contributed by atoms with Gasteiger partial charge in [-0.2, -0.15) is 0 Å². The van der Waals surface area contributed by atoms with E-state index in [0.29, 0.717) is 19.6 Å². The predicted molar refractivity (Wildman–Crippen MR) is 62.4 cm³/mol. The quantitative estimate of drug-likeness (QED) is 0.835. The van der Waals surface area contributed by atoms with Crippen LogP contribution in [0.4, 0.5) is 0 Å². The zero-order valence-electron chi connectivity index (χ0n) is 10.0. The van der Waals surface area contributed by atoms with E-state index in [2.05, 4.69) is 5.32 Å². The summed E-state index contributed by atoms with van der Waals surface area (Å²) in [7, 11) is 1.79. The normalized spacial score (nSPS) is 20.2. The topological polar surface area (TPSA) is 54.7 Å². The summed E-state index contributed by atoms with van der Waals surface area (Å²) in [5.74, 6) is 0.901. The Bertz CT molecular complexity index is 345.